The number of ether oxygens (including phenoxy) is 4. The highest BCUT2D eigenvalue weighted by Gasteiger charge is 2.84. The second kappa shape index (κ2) is 11.8. The number of hydrogen-bond donors (Lipinski definition) is 4. The molecule has 11 heteroatoms. The van der Waals surface area contributed by atoms with Crippen LogP contribution in [0.2, 0.25) is 0 Å². The highest BCUT2D eigenvalue weighted by Crippen LogP contribution is 2.89. The Balaban J connectivity index is 1.09. The number of aliphatic carboxylic acids is 1. The van der Waals surface area contributed by atoms with Gasteiger partial charge >= 0.3 is 11.9 Å². The third-order valence-electron chi connectivity index (χ3n) is 16.0. The Kier molecular flexibility index (Phi) is 8.70. The van der Waals surface area contributed by atoms with Crippen molar-refractivity contribution >= 4 is 11.9 Å². The SMILES string of the molecule is CC(=O)OC(C1CCC2C(O1)C(O)C1(C)C3CCC4C(C)(C)C(OC5CN(C(CO)C(=O)O)CCO5)CCC45CC35CCC21C)C(C)(C)O. The summed E-state index contributed by atoms with van der Waals surface area (Å²) in [5.74, 6) is -0.416. The van der Waals surface area contributed by atoms with Crippen LogP contribution in [-0.4, -0.2) is 112 Å². The molecule has 14 atom stereocenters. The van der Waals surface area contributed by atoms with Crippen LogP contribution in [0.3, 0.4) is 0 Å². The molecule has 2 saturated heterocycles. The van der Waals surface area contributed by atoms with E-state index in [1.165, 1.54) is 19.8 Å². The minimum Gasteiger partial charge on any atom is -0.480 e. The fraction of sp³-hybridized carbons (Fsp3) is 0.947. The zero-order valence-corrected chi connectivity index (χ0v) is 30.7. The number of fused-ring (bicyclic) bond motifs is 4. The summed E-state index contributed by atoms with van der Waals surface area (Å²) in [5.41, 5.74) is -1.38. The van der Waals surface area contributed by atoms with E-state index in [2.05, 4.69) is 27.7 Å². The second-order valence-corrected chi connectivity index (χ2v) is 18.6. The fourth-order valence-corrected chi connectivity index (χ4v) is 13.6. The maximum absolute atomic E-state index is 12.4. The molecule has 0 aromatic rings. The monoisotopic (exact) mass is 691 g/mol. The second-order valence-electron chi connectivity index (χ2n) is 18.6. The lowest BCUT2D eigenvalue weighted by atomic mass is 9.41. The third-order valence-corrected chi connectivity index (χ3v) is 16.0. The van der Waals surface area contributed by atoms with Crippen molar-refractivity contribution in [2.45, 2.75) is 155 Å². The summed E-state index contributed by atoms with van der Waals surface area (Å²) in [7, 11) is 0. The lowest BCUT2D eigenvalue weighted by Crippen LogP contribution is -2.60. The van der Waals surface area contributed by atoms with Gasteiger partial charge in [0.1, 0.15) is 6.04 Å². The van der Waals surface area contributed by atoms with E-state index in [9.17, 15) is 30.0 Å². The van der Waals surface area contributed by atoms with Crippen LogP contribution in [0.1, 0.15) is 106 Å². The lowest BCUT2D eigenvalue weighted by molar-refractivity contribution is -0.251. The van der Waals surface area contributed by atoms with Gasteiger partial charge in [0.2, 0.25) is 0 Å². The summed E-state index contributed by atoms with van der Waals surface area (Å²) in [4.78, 5) is 25.5. The predicted molar refractivity (Wildman–Crippen MR) is 178 cm³/mol. The van der Waals surface area contributed by atoms with Gasteiger partial charge in [-0.25, -0.2) is 0 Å². The van der Waals surface area contributed by atoms with Crippen LogP contribution in [0.5, 0.6) is 0 Å². The van der Waals surface area contributed by atoms with E-state index >= 15 is 0 Å². The zero-order valence-electron chi connectivity index (χ0n) is 30.7. The standard InChI is InChI=1S/C38H61NO10/c1-21(41)47-31(34(4,5)45)24-9-8-22-29(48-24)30(42)36(7)26-11-10-25-33(2,3)27(12-13-37(25)20-38(26,37)15-14-35(22,36)6)49-28-18-39(16-17-46-28)23(19-40)32(43)44/h22-31,40,42,45H,8-20H2,1-7H3,(H,43,44). The van der Waals surface area contributed by atoms with Crippen molar-refractivity contribution in [2.75, 3.05) is 26.3 Å². The van der Waals surface area contributed by atoms with Crippen molar-refractivity contribution in [1.82, 2.24) is 4.90 Å². The molecule has 14 unspecified atom stereocenters. The van der Waals surface area contributed by atoms with E-state index in [4.69, 9.17) is 18.9 Å². The molecule has 7 fully saturated rings. The summed E-state index contributed by atoms with van der Waals surface area (Å²) < 4.78 is 25.1. The van der Waals surface area contributed by atoms with E-state index in [-0.39, 0.29) is 45.2 Å². The summed E-state index contributed by atoms with van der Waals surface area (Å²) in [6.07, 6.45) is 6.27. The Labute approximate surface area is 291 Å². The Bertz CT molecular complexity index is 1320. The number of hydrogen-bond acceptors (Lipinski definition) is 10. The molecular weight excluding hydrogens is 630 g/mol. The van der Waals surface area contributed by atoms with Crippen molar-refractivity contribution in [1.29, 1.82) is 0 Å². The van der Waals surface area contributed by atoms with Crippen LogP contribution in [-0.2, 0) is 28.5 Å². The van der Waals surface area contributed by atoms with Crippen LogP contribution in [0.4, 0.5) is 0 Å². The summed E-state index contributed by atoms with van der Waals surface area (Å²) in [5, 5.41) is 42.7. The molecule has 5 aliphatic carbocycles. The average molecular weight is 692 g/mol. The molecule has 0 radical (unpaired) electrons. The van der Waals surface area contributed by atoms with Gasteiger partial charge in [-0.05, 0) is 111 Å². The molecule has 0 aromatic carbocycles. The van der Waals surface area contributed by atoms with E-state index < -0.39 is 54.8 Å². The van der Waals surface area contributed by atoms with E-state index in [0.29, 0.717) is 38.0 Å². The highest BCUT2D eigenvalue weighted by atomic mass is 16.7. The number of carbonyl (C=O) groups is 2. The zero-order chi connectivity index (χ0) is 35.5. The van der Waals surface area contributed by atoms with Gasteiger partial charge in [-0.3, -0.25) is 14.5 Å². The van der Waals surface area contributed by atoms with Crippen molar-refractivity contribution < 1.29 is 49.0 Å². The summed E-state index contributed by atoms with van der Waals surface area (Å²) >= 11 is 0. The van der Waals surface area contributed by atoms with Gasteiger partial charge in [0, 0.05) is 18.9 Å². The number of esters is 1. The van der Waals surface area contributed by atoms with Gasteiger partial charge in [-0.15, -0.1) is 0 Å². The van der Waals surface area contributed by atoms with Crippen LogP contribution in [0.25, 0.3) is 0 Å². The predicted octanol–water partition coefficient (Wildman–Crippen LogP) is 3.75. The maximum atomic E-state index is 12.4. The first-order valence-electron chi connectivity index (χ1n) is 19.0. The molecule has 2 aliphatic heterocycles. The first kappa shape index (κ1) is 36.0. The molecule has 278 valence electrons. The topological polar surface area (TPSA) is 155 Å². The van der Waals surface area contributed by atoms with E-state index in [0.717, 1.165) is 38.5 Å². The number of nitrogens with zero attached hydrogens (tertiary/aromatic N) is 1. The van der Waals surface area contributed by atoms with Crippen LogP contribution in [0, 0.1) is 44.8 Å². The van der Waals surface area contributed by atoms with Gasteiger partial charge in [0.15, 0.2) is 12.4 Å². The quantitative estimate of drug-likeness (QED) is 0.275. The molecule has 4 N–H and O–H groups in total. The molecule has 7 aliphatic rings. The molecule has 0 amide bonds. The molecule has 11 nitrogen and oxygen atoms in total. The number of rotatable bonds is 8. The van der Waals surface area contributed by atoms with Gasteiger partial charge in [0.25, 0.3) is 0 Å². The van der Waals surface area contributed by atoms with E-state index in [1.807, 2.05) is 0 Å². The number of aliphatic hydroxyl groups excluding tert-OH is 2. The molecule has 2 heterocycles. The van der Waals surface area contributed by atoms with Gasteiger partial charge in [0.05, 0.1) is 49.8 Å². The highest BCUT2D eigenvalue weighted by molar-refractivity contribution is 5.73. The molecular formula is C38H61NO10. The van der Waals surface area contributed by atoms with Crippen LogP contribution < -0.4 is 0 Å². The number of morpholine rings is 1. The molecule has 2 spiro atoms. The maximum Gasteiger partial charge on any atom is 0.323 e. The Morgan fingerprint density at radius 3 is 2.35 bits per heavy atom. The van der Waals surface area contributed by atoms with Crippen molar-refractivity contribution in [3.63, 3.8) is 0 Å². The first-order valence-corrected chi connectivity index (χ1v) is 19.0. The Morgan fingerprint density at radius 1 is 1.00 bits per heavy atom. The minimum absolute atomic E-state index is 0.0182. The van der Waals surface area contributed by atoms with Crippen molar-refractivity contribution in [2.24, 2.45) is 44.8 Å². The molecule has 49 heavy (non-hydrogen) atoms. The van der Waals surface area contributed by atoms with Gasteiger partial charge in [-0.2, -0.15) is 0 Å². The van der Waals surface area contributed by atoms with E-state index in [1.54, 1.807) is 18.7 Å². The smallest absolute Gasteiger partial charge is 0.323 e. The summed E-state index contributed by atoms with van der Waals surface area (Å²) in [6.45, 7) is 14.8. The third kappa shape index (κ3) is 5.06. The normalized spacial score (nSPS) is 48.5. The average Bonchev–Trinajstić information content (AvgIpc) is 3.66. The van der Waals surface area contributed by atoms with Crippen LogP contribution in [0.15, 0.2) is 0 Å². The first-order chi connectivity index (χ1) is 22.9. The lowest BCUT2D eigenvalue weighted by Gasteiger charge is -2.63. The number of carboxylic acids is 1. The number of carbonyl (C=O) groups excluding carboxylic acids is 1. The van der Waals surface area contributed by atoms with Crippen LogP contribution >= 0.6 is 0 Å². The Morgan fingerprint density at radius 2 is 1.69 bits per heavy atom. The summed E-state index contributed by atoms with van der Waals surface area (Å²) in [6, 6.07) is -0.958. The van der Waals surface area contributed by atoms with Crippen molar-refractivity contribution in [3.05, 3.63) is 0 Å². The largest absolute Gasteiger partial charge is 0.480 e. The number of carboxylic acid groups (broad SMARTS) is 1. The molecule has 0 aromatic heterocycles. The Hall–Kier alpha value is -1.34. The van der Waals surface area contributed by atoms with Gasteiger partial charge < -0.3 is 39.4 Å². The minimum atomic E-state index is -1.27. The van der Waals surface area contributed by atoms with Crippen molar-refractivity contribution in [3.8, 4) is 0 Å². The number of aliphatic hydroxyl groups is 3. The molecule has 5 saturated carbocycles. The fourth-order valence-electron chi connectivity index (χ4n) is 13.6. The molecule has 7 rings (SSSR count). The van der Waals surface area contributed by atoms with Gasteiger partial charge in [-0.1, -0.05) is 27.7 Å². The molecule has 0 bridgehead atoms.